The molecule has 3 rings (SSSR count). The van der Waals surface area contributed by atoms with Crippen LogP contribution in [0.1, 0.15) is 5.56 Å². The lowest BCUT2D eigenvalue weighted by Gasteiger charge is -2.31. The van der Waals surface area contributed by atoms with Crippen molar-refractivity contribution in [3.8, 4) is 0 Å². The number of amides is 1. The van der Waals surface area contributed by atoms with Crippen molar-refractivity contribution in [1.29, 1.82) is 0 Å². The molecule has 3 N–H and O–H groups in total. The second kappa shape index (κ2) is 5.03. The maximum Gasteiger partial charge on any atom is 0.247 e. The number of nitrogens with zero attached hydrogens (tertiary/aromatic N) is 1. The summed E-state index contributed by atoms with van der Waals surface area (Å²) in [6, 6.07) is 8.30. The van der Waals surface area contributed by atoms with Crippen molar-refractivity contribution < 1.29 is 9.53 Å². The van der Waals surface area contributed by atoms with Gasteiger partial charge in [0.1, 0.15) is 6.10 Å². The summed E-state index contributed by atoms with van der Waals surface area (Å²) >= 11 is 0. The molecule has 5 heteroatoms. The smallest absolute Gasteiger partial charge is 0.247 e. The fourth-order valence-corrected chi connectivity index (χ4v) is 2.55. The fourth-order valence-electron chi connectivity index (χ4n) is 2.55. The highest BCUT2D eigenvalue weighted by Gasteiger charge is 2.24. The topological polar surface area (TPSA) is 71.4 Å². The van der Waals surface area contributed by atoms with Crippen LogP contribution in [0.4, 0.5) is 0 Å². The Kier molecular flexibility index (Phi) is 3.23. The number of nitrogens with two attached hydrogens (primary N) is 1. The lowest BCUT2D eigenvalue weighted by Crippen LogP contribution is -2.47. The highest BCUT2D eigenvalue weighted by molar-refractivity contribution is 5.83. The predicted molar refractivity (Wildman–Crippen MR) is 72.5 cm³/mol. The van der Waals surface area contributed by atoms with Crippen LogP contribution in [-0.2, 0) is 16.1 Å². The molecule has 1 aromatic heterocycles. The molecule has 2 aromatic rings. The summed E-state index contributed by atoms with van der Waals surface area (Å²) in [5, 5.41) is 1.23. The van der Waals surface area contributed by atoms with Crippen molar-refractivity contribution in [2.45, 2.75) is 12.6 Å². The van der Waals surface area contributed by atoms with Gasteiger partial charge in [0.15, 0.2) is 0 Å². The van der Waals surface area contributed by atoms with E-state index in [1.54, 1.807) is 0 Å². The predicted octanol–water partition coefficient (Wildman–Crippen LogP) is 0.854. The van der Waals surface area contributed by atoms with Gasteiger partial charge in [0, 0.05) is 36.7 Å². The number of hydrogen-bond acceptors (Lipinski definition) is 3. The Bertz CT molecular complexity index is 593. The van der Waals surface area contributed by atoms with E-state index in [2.05, 4.69) is 28.1 Å². The molecule has 1 atom stereocenters. The molecular formula is C14H17N3O2. The third-order valence-corrected chi connectivity index (χ3v) is 3.55. The Morgan fingerprint density at radius 2 is 2.37 bits per heavy atom. The zero-order chi connectivity index (χ0) is 13.2. The van der Waals surface area contributed by atoms with Crippen molar-refractivity contribution in [2.75, 3.05) is 19.7 Å². The SMILES string of the molecule is NC(=O)[C@H]1CN(Cc2cccc3[nH]ccc23)CCO1. The quantitative estimate of drug-likeness (QED) is 0.858. The molecule has 1 aliphatic heterocycles. The summed E-state index contributed by atoms with van der Waals surface area (Å²) in [5.74, 6) is -0.385. The molecule has 1 aromatic carbocycles. The van der Waals surface area contributed by atoms with E-state index < -0.39 is 6.10 Å². The first-order valence-corrected chi connectivity index (χ1v) is 6.42. The molecule has 0 spiro atoms. The number of primary amides is 1. The number of nitrogens with one attached hydrogen (secondary N) is 1. The number of fused-ring (bicyclic) bond motifs is 1. The van der Waals surface area contributed by atoms with E-state index in [9.17, 15) is 4.79 Å². The second-order valence-corrected chi connectivity index (χ2v) is 4.85. The van der Waals surface area contributed by atoms with Crippen molar-refractivity contribution in [3.63, 3.8) is 0 Å². The van der Waals surface area contributed by atoms with Crippen LogP contribution in [0.3, 0.4) is 0 Å². The van der Waals surface area contributed by atoms with Gasteiger partial charge in [0.2, 0.25) is 5.91 Å². The van der Waals surface area contributed by atoms with Gasteiger partial charge in [-0.05, 0) is 17.7 Å². The number of ether oxygens (including phenoxy) is 1. The maximum atomic E-state index is 11.2. The third kappa shape index (κ3) is 2.47. The average Bonchev–Trinajstić information content (AvgIpc) is 2.88. The monoisotopic (exact) mass is 259 g/mol. The number of aromatic amines is 1. The summed E-state index contributed by atoms with van der Waals surface area (Å²) in [6.45, 7) is 2.75. The molecule has 19 heavy (non-hydrogen) atoms. The van der Waals surface area contributed by atoms with Crippen LogP contribution in [-0.4, -0.2) is 41.6 Å². The van der Waals surface area contributed by atoms with E-state index in [0.29, 0.717) is 13.2 Å². The highest BCUT2D eigenvalue weighted by atomic mass is 16.5. The zero-order valence-electron chi connectivity index (χ0n) is 10.6. The van der Waals surface area contributed by atoms with Gasteiger partial charge < -0.3 is 15.5 Å². The number of carbonyl (C=O) groups excluding carboxylic acids is 1. The Labute approximate surface area is 111 Å². The molecular weight excluding hydrogens is 242 g/mol. The largest absolute Gasteiger partial charge is 0.367 e. The van der Waals surface area contributed by atoms with Gasteiger partial charge in [-0.3, -0.25) is 9.69 Å². The molecule has 1 fully saturated rings. The summed E-state index contributed by atoms with van der Waals surface area (Å²) in [4.78, 5) is 16.6. The molecule has 0 saturated carbocycles. The number of carbonyl (C=O) groups is 1. The Balaban J connectivity index is 1.77. The number of rotatable bonds is 3. The van der Waals surface area contributed by atoms with E-state index in [1.807, 2.05) is 12.3 Å². The summed E-state index contributed by atoms with van der Waals surface area (Å²) < 4.78 is 5.36. The molecule has 5 nitrogen and oxygen atoms in total. The average molecular weight is 259 g/mol. The maximum absolute atomic E-state index is 11.2. The van der Waals surface area contributed by atoms with E-state index in [4.69, 9.17) is 10.5 Å². The van der Waals surface area contributed by atoms with Crippen LogP contribution >= 0.6 is 0 Å². The summed E-state index contributed by atoms with van der Waals surface area (Å²) in [5.41, 5.74) is 7.69. The molecule has 0 bridgehead atoms. The fraction of sp³-hybridized carbons (Fsp3) is 0.357. The Morgan fingerprint density at radius 3 is 3.21 bits per heavy atom. The molecule has 2 heterocycles. The minimum absolute atomic E-state index is 0.385. The van der Waals surface area contributed by atoms with Gasteiger partial charge in [0.05, 0.1) is 6.61 Å². The Hall–Kier alpha value is -1.85. The van der Waals surface area contributed by atoms with Crippen molar-refractivity contribution in [3.05, 3.63) is 36.0 Å². The molecule has 1 saturated heterocycles. The Morgan fingerprint density at radius 1 is 1.47 bits per heavy atom. The molecule has 100 valence electrons. The van der Waals surface area contributed by atoms with Crippen molar-refractivity contribution >= 4 is 16.8 Å². The summed E-state index contributed by atoms with van der Waals surface area (Å²) in [6.07, 6.45) is 1.46. The molecule has 1 aliphatic rings. The van der Waals surface area contributed by atoms with Gasteiger partial charge in [-0.25, -0.2) is 0 Å². The first-order chi connectivity index (χ1) is 9.24. The number of hydrogen-bond donors (Lipinski definition) is 2. The minimum Gasteiger partial charge on any atom is -0.367 e. The van der Waals surface area contributed by atoms with Gasteiger partial charge in [-0.2, -0.15) is 0 Å². The van der Waals surface area contributed by atoms with E-state index in [-0.39, 0.29) is 5.91 Å². The van der Waals surface area contributed by atoms with Crippen LogP contribution in [0.2, 0.25) is 0 Å². The third-order valence-electron chi connectivity index (χ3n) is 3.55. The van der Waals surface area contributed by atoms with Crippen LogP contribution < -0.4 is 5.73 Å². The molecule has 1 amide bonds. The number of H-pyrrole nitrogens is 1. The molecule has 0 aliphatic carbocycles. The van der Waals surface area contributed by atoms with Gasteiger partial charge >= 0.3 is 0 Å². The number of benzene rings is 1. The second-order valence-electron chi connectivity index (χ2n) is 4.85. The van der Waals surface area contributed by atoms with Gasteiger partial charge in [-0.1, -0.05) is 12.1 Å². The first-order valence-electron chi connectivity index (χ1n) is 6.42. The van der Waals surface area contributed by atoms with E-state index >= 15 is 0 Å². The van der Waals surface area contributed by atoms with Crippen LogP contribution in [0.5, 0.6) is 0 Å². The number of morpholine rings is 1. The van der Waals surface area contributed by atoms with Gasteiger partial charge in [0.25, 0.3) is 0 Å². The van der Waals surface area contributed by atoms with Crippen molar-refractivity contribution in [2.24, 2.45) is 5.73 Å². The number of aromatic nitrogens is 1. The van der Waals surface area contributed by atoms with Gasteiger partial charge in [-0.15, -0.1) is 0 Å². The van der Waals surface area contributed by atoms with Crippen LogP contribution in [0, 0.1) is 0 Å². The standard InChI is InChI=1S/C14H17N3O2/c15-14(18)13-9-17(6-7-19-13)8-10-2-1-3-12-11(10)4-5-16-12/h1-5,13,16H,6-9H2,(H2,15,18)/t13-/m1/s1. The lowest BCUT2D eigenvalue weighted by molar-refractivity contribution is -0.135. The van der Waals surface area contributed by atoms with Crippen LogP contribution in [0.25, 0.3) is 10.9 Å². The van der Waals surface area contributed by atoms with E-state index in [0.717, 1.165) is 18.6 Å². The molecule has 0 radical (unpaired) electrons. The van der Waals surface area contributed by atoms with Crippen molar-refractivity contribution in [1.82, 2.24) is 9.88 Å². The zero-order valence-corrected chi connectivity index (χ0v) is 10.6. The molecule has 0 unspecified atom stereocenters. The van der Waals surface area contributed by atoms with E-state index in [1.165, 1.54) is 10.9 Å². The highest BCUT2D eigenvalue weighted by Crippen LogP contribution is 2.20. The normalized spacial score (nSPS) is 20.7. The summed E-state index contributed by atoms with van der Waals surface area (Å²) in [7, 11) is 0. The first kappa shape index (κ1) is 12.2. The van der Waals surface area contributed by atoms with Crippen LogP contribution in [0.15, 0.2) is 30.5 Å². The minimum atomic E-state index is -0.487. The lowest BCUT2D eigenvalue weighted by atomic mass is 10.1.